The number of hydrogen-bond acceptors (Lipinski definition) is 6. The predicted molar refractivity (Wildman–Crippen MR) is 138 cm³/mol. The minimum absolute atomic E-state index is 0. The summed E-state index contributed by atoms with van der Waals surface area (Å²) in [5, 5.41) is 10.4. The average Bonchev–Trinajstić information content (AvgIpc) is 2.80. The number of rotatable bonds is 6. The normalized spacial score (nSPS) is 15.9. The monoisotopic (exact) mass is 458 g/mol. The van der Waals surface area contributed by atoms with Gasteiger partial charge < -0.3 is 16.0 Å². The van der Waals surface area contributed by atoms with Gasteiger partial charge in [0.2, 0.25) is 0 Å². The van der Waals surface area contributed by atoms with Crippen LogP contribution in [0.3, 0.4) is 0 Å². The molecule has 176 valence electrons. The molecule has 0 fully saturated rings. The van der Waals surface area contributed by atoms with E-state index in [0.29, 0.717) is 10.8 Å². The summed E-state index contributed by atoms with van der Waals surface area (Å²) in [6.07, 6.45) is 3.10. The topological polar surface area (TPSA) is 83.1 Å². The third-order valence-electron chi connectivity index (χ3n) is 5.29. The van der Waals surface area contributed by atoms with Gasteiger partial charge >= 0.3 is 0 Å². The van der Waals surface area contributed by atoms with E-state index >= 15 is 0 Å². The van der Waals surface area contributed by atoms with E-state index in [0.717, 1.165) is 42.3 Å². The summed E-state index contributed by atoms with van der Waals surface area (Å²) in [6.45, 7) is 6.67. The Labute approximate surface area is 195 Å². The molecule has 32 heavy (non-hydrogen) atoms. The van der Waals surface area contributed by atoms with Gasteiger partial charge in [-0.3, -0.25) is 0 Å². The van der Waals surface area contributed by atoms with E-state index in [4.69, 9.17) is 0 Å². The molecule has 7 heteroatoms. The van der Waals surface area contributed by atoms with Crippen molar-refractivity contribution in [3.05, 3.63) is 84.1 Å². The number of pyridine rings is 1. The Morgan fingerprint density at radius 2 is 1.75 bits per heavy atom. The van der Waals surface area contributed by atoms with E-state index < -0.39 is 9.84 Å². The van der Waals surface area contributed by atoms with Crippen molar-refractivity contribution in [3.8, 4) is 0 Å². The molecule has 6 nitrogen and oxygen atoms in total. The minimum atomic E-state index is -3.14. The second-order valence-corrected chi connectivity index (χ2v) is 10.2. The first-order valence-electron chi connectivity index (χ1n) is 10.8. The molecule has 2 atom stereocenters. The number of aryl methyl sites for hydroxylation is 1. The number of fused-ring (bicyclic) bond motifs is 1. The lowest BCUT2D eigenvalue weighted by molar-refractivity contribution is 0.571. The maximum absolute atomic E-state index is 11.5. The van der Waals surface area contributed by atoms with Gasteiger partial charge in [-0.25, -0.2) is 13.4 Å². The molecule has 3 aromatic rings. The Hall–Kier alpha value is -2.90. The molecule has 0 amide bonds. The SMILES string of the molecule is Cc1cnc2c(c1)NC[C@H](CNC[C@H](C)c1ccc(S(C)(=O)=O)cc1)N2.[HH].[HH].[HH].c1ccccc1. The summed E-state index contributed by atoms with van der Waals surface area (Å²) in [5.41, 5.74) is 3.33. The van der Waals surface area contributed by atoms with E-state index in [-0.39, 0.29) is 10.3 Å². The molecule has 4 rings (SSSR count). The second kappa shape index (κ2) is 11.1. The van der Waals surface area contributed by atoms with Crippen molar-refractivity contribution < 1.29 is 12.7 Å². The van der Waals surface area contributed by atoms with Crippen molar-refractivity contribution in [3.63, 3.8) is 0 Å². The van der Waals surface area contributed by atoms with Crippen LogP contribution in [0.25, 0.3) is 0 Å². The molecule has 0 unspecified atom stereocenters. The second-order valence-electron chi connectivity index (χ2n) is 8.19. The van der Waals surface area contributed by atoms with Gasteiger partial charge in [0.15, 0.2) is 9.84 Å². The fourth-order valence-electron chi connectivity index (χ4n) is 3.44. The summed E-state index contributed by atoms with van der Waals surface area (Å²) in [7, 11) is -3.14. The zero-order valence-corrected chi connectivity index (χ0v) is 19.7. The van der Waals surface area contributed by atoms with E-state index in [2.05, 4.69) is 33.9 Å². The van der Waals surface area contributed by atoms with Crippen molar-refractivity contribution in [1.82, 2.24) is 10.3 Å². The van der Waals surface area contributed by atoms with Gasteiger partial charge in [-0.15, -0.1) is 0 Å². The zero-order valence-electron chi connectivity index (χ0n) is 18.9. The quantitative estimate of drug-likeness (QED) is 0.491. The van der Waals surface area contributed by atoms with Gasteiger partial charge in [0.1, 0.15) is 5.82 Å². The minimum Gasteiger partial charge on any atom is -0.380 e. The Morgan fingerprint density at radius 3 is 2.34 bits per heavy atom. The highest BCUT2D eigenvalue weighted by atomic mass is 32.2. The first kappa shape index (κ1) is 23.8. The molecule has 2 aromatic carbocycles. The van der Waals surface area contributed by atoms with Crippen LogP contribution in [-0.2, 0) is 9.84 Å². The highest BCUT2D eigenvalue weighted by Crippen LogP contribution is 2.24. The summed E-state index contributed by atoms with van der Waals surface area (Å²) in [4.78, 5) is 4.80. The largest absolute Gasteiger partial charge is 0.380 e. The molecule has 0 saturated heterocycles. The van der Waals surface area contributed by atoms with Gasteiger partial charge in [-0.1, -0.05) is 55.5 Å². The third-order valence-corrected chi connectivity index (χ3v) is 6.42. The van der Waals surface area contributed by atoms with Crippen LogP contribution in [0.4, 0.5) is 11.5 Å². The summed E-state index contributed by atoms with van der Waals surface area (Å²) < 4.78 is 23.1. The molecule has 0 aliphatic carbocycles. The maximum atomic E-state index is 11.5. The van der Waals surface area contributed by atoms with Crippen molar-refractivity contribution in [2.75, 3.05) is 36.5 Å². The molecule has 0 radical (unpaired) electrons. The van der Waals surface area contributed by atoms with Gasteiger partial charge in [-0.2, -0.15) is 0 Å². The van der Waals surface area contributed by atoms with Gasteiger partial charge in [0, 0.05) is 36.4 Å². The van der Waals surface area contributed by atoms with Crippen LogP contribution >= 0.6 is 0 Å². The zero-order chi connectivity index (χ0) is 23.0. The third kappa shape index (κ3) is 7.07. The predicted octanol–water partition coefficient (Wildman–Crippen LogP) is 4.82. The van der Waals surface area contributed by atoms with E-state index in [1.807, 2.05) is 61.7 Å². The fourth-order valence-corrected chi connectivity index (χ4v) is 4.07. The molecular weight excluding hydrogens is 420 g/mol. The molecule has 1 aliphatic heterocycles. The van der Waals surface area contributed by atoms with Crippen molar-refractivity contribution in [2.24, 2.45) is 0 Å². The summed E-state index contributed by atoms with van der Waals surface area (Å²) in [5.74, 6) is 1.20. The first-order chi connectivity index (χ1) is 15.3. The first-order valence-corrected chi connectivity index (χ1v) is 12.7. The highest BCUT2D eigenvalue weighted by molar-refractivity contribution is 7.90. The van der Waals surface area contributed by atoms with E-state index in [1.54, 1.807) is 12.1 Å². The molecule has 1 aromatic heterocycles. The number of nitrogens with one attached hydrogen (secondary N) is 3. The average molecular weight is 459 g/mol. The Bertz CT molecular complexity index is 1070. The van der Waals surface area contributed by atoms with Crippen molar-refractivity contribution >= 4 is 21.3 Å². The smallest absolute Gasteiger partial charge is 0.175 e. The van der Waals surface area contributed by atoms with Crippen LogP contribution < -0.4 is 16.0 Å². The van der Waals surface area contributed by atoms with Crippen LogP contribution in [0.2, 0.25) is 0 Å². The number of sulfone groups is 1. The summed E-state index contributed by atoms with van der Waals surface area (Å²) in [6, 6.07) is 21.5. The Morgan fingerprint density at radius 1 is 1.12 bits per heavy atom. The van der Waals surface area contributed by atoms with Crippen LogP contribution in [-0.4, -0.2) is 45.3 Å². The number of aromatic nitrogens is 1. The summed E-state index contributed by atoms with van der Waals surface area (Å²) >= 11 is 0. The van der Waals surface area contributed by atoms with Gasteiger partial charge in [0.05, 0.1) is 16.6 Å². The van der Waals surface area contributed by atoms with E-state index in [9.17, 15) is 8.42 Å². The van der Waals surface area contributed by atoms with Crippen LogP contribution in [0, 0.1) is 6.92 Å². The van der Waals surface area contributed by atoms with Crippen LogP contribution in [0.5, 0.6) is 0 Å². The Kier molecular flexibility index (Phi) is 8.25. The van der Waals surface area contributed by atoms with Crippen LogP contribution in [0.1, 0.15) is 28.2 Å². The number of benzene rings is 2. The van der Waals surface area contributed by atoms with Crippen LogP contribution in [0.15, 0.2) is 77.8 Å². The molecular formula is C25H38N4O2S. The lowest BCUT2D eigenvalue weighted by atomic mass is 10.0. The lowest BCUT2D eigenvalue weighted by Gasteiger charge is -2.28. The molecule has 0 saturated carbocycles. The fraction of sp³-hybridized carbons (Fsp3) is 0.320. The number of anilines is 2. The molecule has 3 N–H and O–H groups in total. The molecule has 1 aliphatic rings. The lowest BCUT2D eigenvalue weighted by Crippen LogP contribution is -2.42. The maximum Gasteiger partial charge on any atom is 0.175 e. The highest BCUT2D eigenvalue weighted by Gasteiger charge is 2.18. The standard InChI is InChI=1S/C19H26N4O2S.C6H6.3H2/c1-13-8-18-19(22-9-13)23-16(12-21-18)11-20-10-14(2)15-4-6-17(7-5-15)26(3,24)25;1-2-4-6-5-3-1;;;/h4-9,14,16,20-21H,10-12H2,1-3H3,(H,22,23);1-6H;3*1H/t14-,16-;;;;/m0..../s1. The molecule has 0 bridgehead atoms. The molecule has 2 heterocycles. The Balaban J connectivity index is 0.00000113. The number of hydrogen-bond donors (Lipinski definition) is 3. The number of nitrogens with zero attached hydrogens (tertiary/aromatic N) is 1. The van der Waals surface area contributed by atoms with E-state index in [1.165, 1.54) is 6.26 Å². The van der Waals surface area contributed by atoms with Gasteiger partial charge in [0.25, 0.3) is 0 Å². The van der Waals surface area contributed by atoms with Gasteiger partial charge in [-0.05, 0) is 42.2 Å². The van der Waals surface area contributed by atoms with Crippen molar-refractivity contribution in [2.45, 2.75) is 30.7 Å². The van der Waals surface area contributed by atoms with Crippen molar-refractivity contribution in [1.29, 1.82) is 0 Å². The molecule has 0 spiro atoms.